The topological polar surface area (TPSA) is 93.5 Å². The van der Waals surface area contributed by atoms with Crippen LogP contribution in [0.25, 0.3) is 0 Å². The van der Waals surface area contributed by atoms with Gasteiger partial charge < -0.3 is 21.1 Å². The molecule has 0 saturated heterocycles. The molecule has 0 radical (unpaired) electrons. The van der Waals surface area contributed by atoms with Crippen molar-refractivity contribution in [2.75, 3.05) is 6.54 Å². The molecule has 0 unspecified atom stereocenters. The summed E-state index contributed by atoms with van der Waals surface area (Å²) in [5, 5.41) is 5.31. The van der Waals surface area contributed by atoms with E-state index >= 15 is 0 Å². The summed E-state index contributed by atoms with van der Waals surface area (Å²) in [7, 11) is 0. The Morgan fingerprint density at radius 3 is 2.21 bits per heavy atom. The zero-order valence-corrected chi connectivity index (χ0v) is 17.0. The van der Waals surface area contributed by atoms with E-state index in [1.807, 2.05) is 68.4 Å². The zero-order valence-electron chi connectivity index (χ0n) is 16.2. The van der Waals surface area contributed by atoms with Gasteiger partial charge in [0.05, 0.1) is 12.6 Å². The van der Waals surface area contributed by atoms with Crippen LogP contribution in [0, 0.1) is 5.92 Å². The molecule has 0 bridgehead atoms. The Balaban J connectivity index is 0.00000392. The van der Waals surface area contributed by atoms with Gasteiger partial charge in [-0.05, 0) is 29.2 Å². The predicted octanol–water partition coefficient (Wildman–Crippen LogP) is 2.40. The minimum absolute atomic E-state index is 0. The number of hydrogen-bond acceptors (Lipinski definition) is 4. The van der Waals surface area contributed by atoms with Crippen LogP contribution in [-0.4, -0.2) is 24.4 Å². The smallest absolute Gasteiger partial charge is 0.239 e. The first-order chi connectivity index (χ1) is 13.0. The summed E-state index contributed by atoms with van der Waals surface area (Å²) >= 11 is 0. The van der Waals surface area contributed by atoms with Crippen molar-refractivity contribution in [3.8, 4) is 5.75 Å². The summed E-state index contributed by atoms with van der Waals surface area (Å²) in [6, 6.07) is 16.9. The van der Waals surface area contributed by atoms with Gasteiger partial charge in [0.2, 0.25) is 11.8 Å². The van der Waals surface area contributed by atoms with Gasteiger partial charge in [0.25, 0.3) is 0 Å². The van der Waals surface area contributed by atoms with Crippen LogP contribution in [0.1, 0.15) is 25.0 Å². The highest BCUT2D eigenvalue weighted by atomic mass is 35.5. The van der Waals surface area contributed by atoms with Crippen LogP contribution in [0.2, 0.25) is 0 Å². The van der Waals surface area contributed by atoms with Crippen LogP contribution < -0.4 is 21.1 Å². The Morgan fingerprint density at radius 2 is 1.61 bits per heavy atom. The van der Waals surface area contributed by atoms with Crippen LogP contribution in [0.5, 0.6) is 5.75 Å². The highest BCUT2D eigenvalue weighted by Crippen LogP contribution is 2.14. The molecule has 2 aromatic carbocycles. The van der Waals surface area contributed by atoms with Gasteiger partial charge in [-0.3, -0.25) is 9.59 Å². The molecule has 152 valence electrons. The van der Waals surface area contributed by atoms with Crippen molar-refractivity contribution >= 4 is 24.2 Å². The molecule has 1 atom stereocenters. The largest absolute Gasteiger partial charge is 0.489 e. The summed E-state index contributed by atoms with van der Waals surface area (Å²) in [5.74, 6) is 0.211. The second-order valence-corrected chi connectivity index (χ2v) is 6.68. The number of carbonyl (C=O) groups is 2. The van der Waals surface area contributed by atoms with E-state index in [0.717, 1.165) is 16.9 Å². The number of halogens is 1. The van der Waals surface area contributed by atoms with E-state index in [0.29, 0.717) is 13.2 Å². The van der Waals surface area contributed by atoms with Crippen LogP contribution in [0.3, 0.4) is 0 Å². The molecule has 4 N–H and O–H groups in total. The number of ether oxygens (including phenoxy) is 1. The lowest BCUT2D eigenvalue weighted by Gasteiger charge is -2.15. The van der Waals surface area contributed by atoms with Gasteiger partial charge in [-0.15, -0.1) is 12.4 Å². The first-order valence-electron chi connectivity index (χ1n) is 9.01. The first kappa shape index (κ1) is 23.5. The number of nitrogens with one attached hydrogen (secondary N) is 2. The fourth-order valence-electron chi connectivity index (χ4n) is 2.30. The van der Waals surface area contributed by atoms with Gasteiger partial charge in [-0.25, -0.2) is 0 Å². The summed E-state index contributed by atoms with van der Waals surface area (Å²) in [6.07, 6.45) is 0. The Kier molecular flexibility index (Phi) is 10.1. The molecule has 0 aliphatic carbocycles. The van der Waals surface area contributed by atoms with Gasteiger partial charge in [0.15, 0.2) is 0 Å². The highest BCUT2D eigenvalue weighted by Gasteiger charge is 2.17. The van der Waals surface area contributed by atoms with E-state index in [1.54, 1.807) is 0 Å². The average Bonchev–Trinajstić information content (AvgIpc) is 2.69. The molecule has 0 fully saturated rings. The number of benzene rings is 2. The van der Waals surface area contributed by atoms with E-state index in [4.69, 9.17) is 10.5 Å². The fraction of sp³-hybridized carbons (Fsp3) is 0.333. The summed E-state index contributed by atoms with van der Waals surface area (Å²) in [6.45, 7) is 4.52. The van der Waals surface area contributed by atoms with E-state index in [2.05, 4.69) is 10.6 Å². The third-order valence-corrected chi connectivity index (χ3v) is 4.11. The molecule has 0 spiro atoms. The summed E-state index contributed by atoms with van der Waals surface area (Å²) in [5.41, 5.74) is 7.78. The van der Waals surface area contributed by atoms with Crippen LogP contribution in [0.15, 0.2) is 54.6 Å². The van der Waals surface area contributed by atoms with Gasteiger partial charge in [0.1, 0.15) is 12.4 Å². The average molecular weight is 406 g/mol. The molecule has 2 rings (SSSR count). The predicted molar refractivity (Wildman–Crippen MR) is 112 cm³/mol. The van der Waals surface area contributed by atoms with Crippen molar-refractivity contribution in [1.29, 1.82) is 0 Å². The summed E-state index contributed by atoms with van der Waals surface area (Å²) < 4.78 is 5.73. The van der Waals surface area contributed by atoms with E-state index in [1.165, 1.54) is 0 Å². The normalized spacial score (nSPS) is 11.3. The third kappa shape index (κ3) is 7.98. The molecular weight excluding hydrogens is 378 g/mol. The zero-order chi connectivity index (χ0) is 19.6. The van der Waals surface area contributed by atoms with Gasteiger partial charge in [0, 0.05) is 6.54 Å². The van der Waals surface area contributed by atoms with Crippen molar-refractivity contribution in [3.63, 3.8) is 0 Å². The monoisotopic (exact) mass is 405 g/mol. The maximum absolute atomic E-state index is 11.8. The Labute approximate surface area is 172 Å². The number of carbonyl (C=O) groups excluding carboxylic acids is 2. The second kappa shape index (κ2) is 12.0. The molecule has 0 aromatic heterocycles. The number of hydrogen-bond donors (Lipinski definition) is 3. The standard InChI is InChI=1S/C21H27N3O3.ClH/c1-15(2)20(22)21(26)24-13-19(25)23-12-16-8-10-18(11-9-16)27-14-17-6-4-3-5-7-17;/h3-11,15,20H,12-14,22H2,1-2H3,(H,23,25)(H,24,26);1H/t20-;/m0./s1. The maximum Gasteiger partial charge on any atom is 0.239 e. The SMILES string of the molecule is CC(C)[C@H](N)C(=O)NCC(=O)NCc1ccc(OCc2ccccc2)cc1.Cl. The molecule has 6 nitrogen and oxygen atoms in total. The molecule has 0 saturated carbocycles. The quantitative estimate of drug-likeness (QED) is 0.597. The third-order valence-electron chi connectivity index (χ3n) is 4.11. The van der Waals surface area contributed by atoms with Gasteiger partial charge in [-0.1, -0.05) is 56.3 Å². The lowest BCUT2D eigenvalue weighted by atomic mass is 10.1. The fourth-order valence-corrected chi connectivity index (χ4v) is 2.30. The summed E-state index contributed by atoms with van der Waals surface area (Å²) in [4.78, 5) is 23.6. The number of amides is 2. The molecule has 0 heterocycles. The van der Waals surface area contributed by atoms with Crippen LogP contribution in [0.4, 0.5) is 0 Å². The molecule has 2 amide bonds. The van der Waals surface area contributed by atoms with Crippen molar-refractivity contribution in [3.05, 3.63) is 65.7 Å². The lowest BCUT2D eigenvalue weighted by molar-refractivity contribution is -0.127. The first-order valence-corrected chi connectivity index (χ1v) is 9.01. The second-order valence-electron chi connectivity index (χ2n) is 6.68. The Bertz CT molecular complexity index is 736. The molecular formula is C21H28ClN3O3. The van der Waals surface area contributed by atoms with Crippen molar-refractivity contribution in [2.45, 2.75) is 33.0 Å². The van der Waals surface area contributed by atoms with E-state index in [-0.39, 0.29) is 36.7 Å². The maximum atomic E-state index is 11.8. The van der Waals surface area contributed by atoms with Crippen LogP contribution >= 0.6 is 12.4 Å². The van der Waals surface area contributed by atoms with Gasteiger partial charge >= 0.3 is 0 Å². The Morgan fingerprint density at radius 1 is 0.964 bits per heavy atom. The number of rotatable bonds is 9. The van der Waals surface area contributed by atoms with Crippen molar-refractivity contribution in [2.24, 2.45) is 11.7 Å². The molecule has 7 heteroatoms. The van der Waals surface area contributed by atoms with Gasteiger partial charge in [-0.2, -0.15) is 0 Å². The van der Waals surface area contributed by atoms with Crippen LogP contribution in [-0.2, 0) is 22.7 Å². The molecule has 0 aliphatic rings. The highest BCUT2D eigenvalue weighted by molar-refractivity contribution is 5.87. The Hall–Kier alpha value is -2.57. The lowest BCUT2D eigenvalue weighted by Crippen LogP contribution is -2.47. The molecule has 28 heavy (non-hydrogen) atoms. The number of nitrogens with two attached hydrogens (primary N) is 1. The van der Waals surface area contributed by atoms with E-state index in [9.17, 15) is 9.59 Å². The molecule has 2 aromatic rings. The minimum Gasteiger partial charge on any atom is -0.489 e. The minimum atomic E-state index is -0.610. The van der Waals surface area contributed by atoms with Crippen molar-refractivity contribution < 1.29 is 14.3 Å². The molecule has 0 aliphatic heterocycles. The van der Waals surface area contributed by atoms with Crippen molar-refractivity contribution in [1.82, 2.24) is 10.6 Å². The van der Waals surface area contributed by atoms with E-state index < -0.39 is 6.04 Å².